The molecule has 1 aromatic carbocycles. The molecular weight excluding hydrogens is 386 g/mol. The fourth-order valence-corrected chi connectivity index (χ4v) is 3.91. The highest BCUT2D eigenvalue weighted by Gasteiger charge is 2.19. The second kappa shape index (κ2) is 8.53. The molecule has 0 radical (unpaired) electrons. The van der Waals surface area contributed by atoms with Crippen molar-refractivity contribution in [2.75, 3.05) is 26.5 Å². The van der Waals surface area contributed by atoms with Gasteiger partial charge in [-0.15, -0.1) is 11.3 Å². The van der Waals surface area contributed by atoms with Crippen LogP contribution in [0.25, 0.3) is 0 Å². The lowest BCUT2D eigenvalue weighted by Gasteiger charge is -2.14. The maximum atomic E-state index is 13.0. The molecule has 0 saturated heterocycles. The molecule has 0 saturated carbocycles. The number of hydrogen-bond acceptors (Lipinski definition) is 4. The first-order valence-electron chi connectivity index (χ1n) is 9.22. The molecule has 29 heavy (non-hydrogen) atoms. The third-order valence-corrected chi connectivity index (χ3v) is 5.67. The number of nitrogens with zero attached hydrogens (tertiary/aromatic N) is 2. The Morgan fingerprint density at radius 2 is 1.93 bits per heavy atom. The van der Waals surface area contributed by atoms with E-state index in [1.54, 1.807) is 43.6 Å². The molecule has 3 aromatic rings. The van der Waals surface area contributed by atoms with Crippen LogP contribution in [-0.2, 0) is 6.54 Å². The molecule has 2 heterocycles. The average molecular weight is 412 g/mol. The van der Waals surface area contributed by atoms with Crippen molar-refractivity contribution in [3.05, 3.63) is 69.2 Å². The quantitative estimate of drug-likeness (QED) is 0.662. The highest BCUT2D eigenvalue weighted by atomic mass is 32.1. The van der Waals surface area contributed by atoms with Gasteiger partial charge in [-0.05, 0) is 49.6 Å². The number of anilines is 1. The van der Waals surface area contributed by atoms with Crippen LogP contribution >= 0.6 is 11.3 Å². The Balaban J connectivity index is 1.88. The van der Waals surface area contributed by atoms with E-state index in [9.17, 15) is 9.59 Å². The molecule has 7 heteroatoms. The van der Waals surface area contributed by atoms with E-state index in [1.807, 2.05) is 31.4 Å². The van der Waals surface area contributed by atoms with E-state index in [0.717, 1.165) is 17.9 Å². The topological polar surface area (TPSA) is 63.6 Å². The van der Waals surface area contributed by atoms with Crippen LogP contribution in [0.2, 0.25) is 0 Å². The predicted molar refractivity (Wildman–Crippen MR) is 116 cm³/mol. The smallest absolute Gasteiger partial charge is 0.257 e. The first-order valence-corrected chi connectivity index (χ1v) is 10.1. The summed E-state index contributed by atoms with van der Waals surface area (Å²) in [7, 11) is 4.91. The van der Waals surface area contributed by atoms with E-state index in [4.69, 9.17) is 4.74 Å². The Kier molecular flexibility index (Phi) is 6.08. The summed E-state index contributed by atoms with van der Waals surface area (Å²) in [6, 6.07) is 11.0. The highest BCUT2D eigenvalue weighted by Crippen LogP contribution is 2.27. The second-order valence-electron chi connectivity index (χ2n) is 7.02. The molecule has 0 fully saturated rings. The number of amides is 2. The monoisotopic (exact) mass is 411 g/mol. The molecule has 0 aliphatic carbocycles. The summed E-state index contributed by atoms with van der Waals surface area (Å²) >= 11 is 1.69. The average Bonchev–Trinajstić information content (AvgIpc) is 3.31. The molecule has 3 rings (SSSR count). The number of ether oxygens (including phenoxy) is 1. The molecule has 152 valence electrons. The third kappa shape index (κ3) is 4.35. The van der Waals surface area contributed by atoms with Crippen molar-refractivity contribution in [3.63, 3.8) is 0 Å². The van der Waals surface area contributed by atoms with Crippen LogP contribution in [0.1, 0.15) is 37.0 Å². The molecule has 1 N–H and O–H groups in total. The molecule has 6 nitrogen and oxygen atoms in total. The fourth-order valence-electron chi connectivity index (χ4n) is 3.22. The van der Waals surface area contributed by atoms with Gasteiger partial charge in [-0.3, -0.25) is 9.59 Å². The summed E-state index contributed by atoms with van der Waals surface area (Å²) in [4.78, 5) is 28.0. The zero-order valence-electron chi connectivity index (χ0n) is 17.3. The van der Waals surface area contributed by atoms with Crippen molar-refractivity contribution in [2.45, 2.75) is 20.4 Å². The Labute approximate surface area is 174 Å². The van der Waals surface area contributed by atoms with E-state index in [0.29, 0.717) is 22.6 Å². The minimum Gasteiger partial charge on any atom is -0.495 e. The molecule has 2 amide bonds. The number of aromatic nitrogens is 1. The number of thiophene rings is 1. The van der Waals surface area contributed by atoms with Crippen molar-refractivity contribution in [1.82, 2.24) is 9.47 Å². The first-order chi connectivity index (χ1) is 13.8. The van der Waals surface area contributed by atoms with Gasteiger partial charge in [0.05, 0.1) is 24.9 Å². The fraction of sp³-hybridized carbons (Fsp3) is 0.273. The first kappa shape index (κ1) is 20.7. The highest BCUT2D eigenvalue weighted by molar-refractivity contribution is 7.09. The zero-order valence-corrected chi connectivity index (χ0v) is 18.1. The Bertz CT molecular complexity index is 1040. The number of nitrogens with one attached hydrogen (secondary N) is 1. The molecule has 2 aromatic heterocycles. The lowest BCUT2D eigenvalue weighted by atomic mass is 10.1. The van der Waals surface area contributed by atoms with Crippen molar-refractivity contribution in [2.24, 2.45) is 0 Å². The summed E-state index contributed by atoms with van der Waals surface area (Å²) in [6.45, 7) is 4.67. The lowest BCUT2D eigenvalue weighted by molar-refractivity contribution is 0.0827. The van der Waals surface area contributed by atoms with Crippen LogP contribution in [0.5, 0.6) is 5.75 Å². The van der Waals surface area contributed by atoms with Crippen LogP contribution in [-0.4, -0.2) is 42.5 Å². The molecule has 0 aliphatic heterocycles. The molecule has 0 atom stereocenters. The van der Waals surface area contributed by atoms with Crippen molar-refractivity contribution < 1.29 is 14.3 Å². The van der Waals surface area contributed by atoms with Gasteiger partial charge < -0.3 is 19.5 Å². The number of benzene rings is 1. The summed E-state index contributed by atoms with van der Waals surface area (Å²) in [6.07, 6.45) is 0. The van der Waals surface area contributed by atoms with E-state index >= 15 is 0 Å². The number of carbonyl (C=O) groups excluding carboxylic acids is 2. The van der Waals surface area contributed by atoms with E-state index in [2.05, 4.69) is 16.0 Å². The summed E-state index contributed by atoms with van der Waals surface area (Å²) in [5, 5.41) is 4.95. The number of aryl methyl sites for hydroxylation is 1. The Morgan fingerprint density at radius 3 is 2.55 bits per heavy atom. The Hall–Kier alpha value is -3.06. The number of methoxy groups -OCH3 is 1. The summed E-state index contributed by atoms with van der Waals surface area (Å²) < 4.78 is 7.49. The van der Waals surface area contributed by atoms with Gasteiger partial charge in [-0.1, -0.05) is 6.07 Å². The van der Waals surface area contributed by atoms with Gasteiger partial charge in [-0.25, -0.2) is 0 Å². The second-order valence-corrected chi connectivity index (χ2v) is 8.05. The predicted octanol–water partition coefficient (Wildman–Crippen LogP) is 4.18. The van der Waals surface area contributed by atoms with Gasteiger partial charge in [0.25, 0.3) is 11.8 Å². The SMILES string of the molecule is COc1ccc(C(=O)N(C)C)cc1NC(=O)c1cc(C)n(Cc2cccs2)c1C. The molecule has 0 unspecified atom stereocenters. The molecule has 0 bridgehead atoms. The number of carbonyl (C=O) groups is 2. The molecule has 0 spiro atoms. The van der Waals surface area contributed by atoms with E-state index < -0.39 is 0 Å². The standard InChI is InChI=1S/C22H25N3O3S/c1-14-11-18(15(2)25(14)13-17-7-6-10-29-17)21(26)23-19-12-16(22(27)24(3)4)8-9-20(19)28-5/h6-12H,13H2,1-5H3,(H,23,26). The summed E-state index contributed by atoms with van der Waals surface area (Å²) in [5.74, 6) is 0.126. The van der Waals surface area contributed by atoms with Gasteiger partial charge in [0.1, 0.15) is 5.75 Å². The van der Waals surface area contributed by atoms with E-state index in [-0.39, 0.29) is 11.8 Å². The van der Waals surface area contributed by atoms with Crippen molar-refractivity contribution in [3.8, 4) is 5.75 Å². The van der Waals surface area contributed by atoms with Gasteiger partial charge in [0.2, 0.25) is 0 Å². The van der Waals surface area contributed by atoms with Gasteiger partial charge in [0.15, 0.2) is 0 Å². The molecule has 0 aliphatic rings. The summed E-state index contributed by atoms with van der Waals surface area (Å²) in [5.41, 5.74) is 3.46. The lowest BCUT2D eigenvalue weighted by Crippen LogP contribution is -2.22. The van der Waals surface area contributed by atoms with Crippen LogP contribution < -0.4 is 10.1 Å². The normalized spacial score (nSPS) is 10.7. The Morgan fingerprint density at radius 1 is 1.17 bits per heavy atom. The minimum atomic E-state index is -0.233. The number of hydrogen-bond donors (Lipinski definition) is 1. The maximum absolute atomic E-state index is 13.0. The van der Waals surface area contributed by atoms with Crippen molar-refractivity contribution >= 4 is 28.8 Å². The molecular formula is C22H25N3O3S. The van der Waals surface area contributed by atoms with Crippen molar-refractivity contribution in [1.29, 1.82) is 0 Å². The van der Waals surface area contributed by atoms with Gasteiger partial charge in [0, 0.05) is 35.9 Å². The third-order valence-electron chi connectivity index (χ3n) is 4.81. The van der Waals surface area contributed by atoms with Crippen LogP contribution in [0.15, 0.2) is 41.8 Å². The minimum absolute atomic E-state index is 0.141. The number of rotatable bonds is 6. The van der Waals surface area contributed by atoms with Crippen LogP contribution in [0.3, 0.4) is 0 Å². The largest absolute Gasteiger partial charge is 0.495 e. The zero-order chi connectivity index (χ0) is 21.1. The van der Waals surface area contributed by atoms with Gasteiger partial charge in [-0.2, -0.15) is 0 Å². The maximum Gasteiger partial charge on any atom is 0.257 e. The van der Waals surface area contributed by atoms with Crippen LogP contribution in [0.4, 0.5) is 5.69 Å². The van der Waals surface area contributed by atoms with E-state index in [1.165, 1.54) is 16.9 Å². The van der Waals surface area contributed by atoms with Gasteiger partial charge >= 0.3 is 0 Å². The van der Waals surface area contributed by atoms with Crippen LogP contribution in [0, 0.1) is 13.8 Å².